The Labute approximate surface area is 202 Å². The summed E-state index contributed by atoms with van der Waals surface area (Å²) in [5.41, 5.74) is 11.5. The first kappa shape index (κ1) is 25.8. The van der Waals surface area contributed by atoms with Crippen molar-refractivity contribution in [3.63, 3.8) is 0 Å². The molecule has 4 rings (SSSR count). The van der Waals surface area contributed by atoms with Crippen LogP contribution in [0.15, 0.2) is 70.1 Å². The van der Waals surface area contributed by atoms with E-state index >= 15 is 0 Å². The zero-order valence-corrected chi connectivity index (χ0v) is 20.1. The first-order valence-electron chi connectivity index (χ1n) is 10.1. The van der Waals surface area contributed by atoms with Gasteiger partial charge in [-0.1, -0.05) is 12.1 Å². The van der Waals surface area contributed by atoms with Crippen molar-refractivity contribution in [3.8, 4) is 12.1 Å². The maximum absolute atomic E-state index is 12.5. The quantitative estimate of drug-likeness (QED) is 0.341. The normalized spacial score (nSPS) is 9.39. The lowest BCUT2D eigenvalue weighted by atomic mass is 10.1. The summed E-state index contributed by atoms with van der Waals surface area (Å²) in [6.45, 7) is 5.24. The van der Waals surface area contributed by atoms with Gasteiger partial charge in [0.05, 0.1) is 16.8 Å². The summed E-state index contributed by atoms with van der Waals surface area (Å²) >= 11 is 3.37. The first-order chi connectivity index (χ1) is 16.0. The predicted molar refractivity (Wildman–Crippen MR) is 136 cm³/mol. The summed E-state index contributed by atoms with van der Waals surface area (Å²) in [7, 11) is 0. The average Bonchev–Trinajstić information content (AvgIpc) is 3.55. The number of halogens is 1. The Morgan fingerprint density at radius 1 is 0.848 bits per heavy atom. The van der Waals surface area contributed by atoms with Crippen LogP contribution in [0.2, 0.25) is 0 Å². The van der Waals surface area contributed by atoms with Gasteiger partial charge in [-0.2, -0.15) is 33.2 Å². The number of benzene rings is 2. The Morgan fingerprint density at radius 2 is 1.42 bits per heavy atom. The Morgan fingerprint density at radius 3 is 1.91 bits per heavy atom. The molecule has 2 heterocycles. The predicted octanol–water partition coefficient (Wildman–Crippen LogP) is 6.75. The van der Waals surface area contributed by atoms with Gasteiger partial charge in [0.25, 0.3) is 0 Å². The molecule has 0 aliphatic rings. The van der Waals surface area contributed by atoms with Gasteiger partial charge in [-0.3, -0.25) is 0 Å². The molecule has 2 aromatic carbocycles. The van der Waals surface area contributed by atoms with Gasteiger partial charge in [0.2, 0.25) is 0 Å². The Hall–Kier alpha value is -3.49. The molecule has 0 saturated heterocycles. The highest BCUT2D eigenvalue weighted by atomic mass is 32.1. The molecule has 0 bridgehead atoms. The van der Waals surface area contributed by atoms with E-state index in [1.807, 2.05) is 43.5 Å². The van der Waals surface area contributed by atoms with Gasteiger partial charge in [-0.15, -0.1) is 0 Å². The van der Waals surface area contributed by atoms with Gasteiger partial charge in [0, 0.05) is 13.1 Å². The summed E-state index contributed by atoms with van der Waals surface area (Å²) in [5.74, 6) is -0.451. The van der Waals surface area contributed by atoms with Crippen LogP contribution in [0.3, 0.4) is 0 Å². The van der Waals surface area contributed by atoms with Gasteiger partial charge in [0.1, 0.15) is 18.0 Å². The molecule has 0 saturated carbocycles. The third-order valence-electron chi connectivity index (χ3n) is 4.42. The summed E-state index contributed by atoms with van der Waals surface area (Å²) in [6.07, 6.45) is 0. The molecule has 0 atom stereocenters. The van der Waals surface area contributed by atoms with Gasteiger partial charge in [0.15, 0.2) is 0 Å². The van der Waals surface area contributed by atoms with Crippen molar-refractivity contribution in [1.29, 1.82) is 10.5 Å². The van der Waals surface area contributed by atoms with E-state index in [0.29, 0.717) is 12.1 Å². The third kappa shape index (κ3) is 8.88. The van der Waals surface area contributed by atoms with Crippen LogP contribution in [0.5, 0.6) is 0 Å². The van der Waals surface area contributed by atoms with Crippen LogP contribution >= 0.6 is 22.7 Å². The molecule has 0 spiro atoms. The lowest BCUT2D eigenvalue weighted by molar-refractivity contribution is 0.623. The number of aryl methyl sites for hydroxylation is 2. The minimum atomic E-state index is -0.451. The number of nitriles is 2. The summed E-state index contributed by atoms with van der Waals surface area (Å²) < 4.78 is 12.5. The molecular weight excluding hydrogens is 451 g/mol. The molecule has 0 aliphatic carbocycles. The standard InChI is InChI=1S/C13H12N2S.C8H6FN.C5H7NS/c1-10-2-3-13(12(6-10)7-14)15-8-11-4-5-16-9-11;1-6-2-3-8(9)7(4-6)5-10;6-3-5-1-2-7-4-5/h2-6,9,15H,8H2,1H3;2-4H,1H3;1-2,4H,3,6H2. The highest BCUT2D eigenvalue weighted by Crippen LogP contribution is 2.18. The Kier molecular flexibility index (Phi) is 10.8. The zero-order valence-electron chi connectivity index (χ0n) is 18.5. The fourth-order valence-corrected chi connectivity index (χ4v) is 3.98. The maximum Gasteiger partial charge on any atom is 0.140 e. The smallest absolute Gasteiger partial charge is 0.140 e. The van der Waals surface area contributed by atoms with Crippen LogP contribution in [-0.4, -0.2) is 0 Å². The molecule has 0 unspecified atom stereocenters. The number of nitrogens with one attached hydrogen (secondary N) is 1. The minimum absolute atomic E-state index is 0.111. The van der Waals surface area contributed by atoms with Crippen molar-refractivity contribution in [3.05, 3.63) is 109 Å². The topological polar surface area (TPSA) is 85.6 Å². The number of rotatable bonds is 4. The number of thiophene rings is 2. The molecule has 168 valence electrons. The molecule has 0 fully saturated rings. The van der Waals surface area contributed by atoms with Crippen molar-refractivity contribution in [2.24, 2.45) is 5.73 Å². The molecule has 3 N–H and O–H groups in total. The summed E-state index contributed by atoms with van der Waals surface area (Å²) in [5, 5.41) is 28.9. The first-order valence-corrected chi connectivity index (χ1v) is 12.0. The van der Waals surface area contributed by atoms with Gasteiger partial charge in [-0.05, 0) is 94.0 Å². The zero-order chi connectivity index (χ0) is 24.1. The molecule has 4 nitrogen and oxygen atoms in total. The van der Waals surface area contributed by atoms with Gasteiger partial charge < -0.3 is 11.1 Å². The second kappa shape index (κ2) is 13.8. The van der Waals surface area contributed by atoms with E-state index in [-0.39, 0.29) is 5.56 Å². The van der Waals surface area contributed by atoms with Crippen LogP contribution in [0, 0.1) is 42.3 Å². The molecule has 0 aliphatic heterocycles. The monoisotopic (exact) mass is 476 g/mol. The molecule has 33 heavy (non-hydrogen) atoms. The van der Waals surface area contributed by atoms with E-state index in [1.165, 1.54) is 23.3 Å². The number of nitrogens with zero attached hydrogens (tertiary/aromatic N) is 2. The van der Waals surface area contributed by atoms with Crippen LogP contribution in [0.4, 0.5) is 10.1 Å². The van der Waals surface area contributed by atoms with Crippen LogP contribution < -0.4 is 11.1 Å². The Bertz CT molecular complexity index is 1200. The highest BCUT2D eigenvalue weighted by molar-refractivity contribution is 7.08. The molecule has 0 radical (unpaired) electrons. The van der Waals surface area contributed by atoms with Crippen molar-refractivity contribution in [1.82, 2.24) is 0 Å². The second-order valence-electron chi connectivity index (χ2n) is 7.08. The second-order valence-corrected chi connectivity index (χ2v) is 8.64. The van der Waals surface area contributed by atoms with Crippen molar-refractivity contribution >= 4 is 28.4 Å². The molecular formula is C26H25FN4S2. The fraction of sp³-hybridized carbons (Fsp3) is 0.154. The number of hydrogen-bond acceptors (Lipinski definition) is 6. The van der Waals surface area contributed by atoms with Crippen molar-refractivity contribution in [2.75, 3.05) is 5.32 Å². The van der Waals surface area contributed by atoms with Gasteiger partial charge in [-0.25, -0.2) is 4.39 Å². The minimum Gasteiger partial charge on any atom is -0.380 e. The molecule has 0 amide bonds. The van der Waals surface area contributed by atoms with Crippen LogP contribution in [-0.2, 0) is 13.1 Å². The van der Waals surface area contributed by atoms with E-state index in [4.69, 9.17) is 16.3 Å². The lowest BCUT2D eigenvalue weighted by Gasteiger charge is -2.07. The maximum atomic E-state index is 12.5. The van der Waals surface area contributed by atoms with Crippen molar-refractivity contribution < 1.29 is 4.39 Å². The van der Waals surface area contributed by atoms with E-state index in [2.05, 4.69) is 33.6 Å². The van der Waals surface area contributed by atoms with Gasteiger partial charge >= 0.3 is 0 Å². The van der Waals surface area contributed by atoms with Crippen LogP contribution in [0.1, 0.15) is 33.4 Å². The summed E-state index contributed by atoms with van der Waals surface area (Å²) in [4.78, 5) is 0. The number of anilines is 1. The number of nitrogens with two attached hydrogens (primary N) is 1. The van der Waals surface area contributed by atoms with E-state index in [1.54, 1.807) is 34.8 Å². The fourth-order valence-electron chi connectivity index (χ4n) is 2.63. The average molecular weight is 477 g/mol. The molecule has 4 aromatic rings. The van der Waals surface area contributed by atoms with E-state index in [9.17, 15) is 4.39 Å². The lowest BCUT2D eigenvalue weighted by Crippen LogP contribution is -2.00. The highest BCUT2D eigenvalue weighted by Gasteiger charge is 2.02. The Balaban J connectivity index is 0.000000193. The largest absolute Gasteiger partial charge is 0.380 e. The SMILES string of the molecule is Cc1ccc(F)c(C#N)c1.Cc1ccc(NCc2ccsc2)c(C#N)c1.NCc1ccsc1. The molecule has 2 aromatic heterocycles. The van der Waals surface area contributed by atoms with Crippen molar-refractivity contribution in [2.45, 2.75) is 26.9 Å². The summed E-state index contributed by atoms with van der Waals surface area (Å²) in [6, 6.07) is 18.4. The van der Waals surface area contributed by atoms with Crippen LogP contribution in [0.25, 0.3) is 0 Å². The third-order valence-corrected chi connectivity index (χ3v) is 5.88. The number of hydrogen-bond donors (Lipinski definition) is 2. The molecule has 7 heteroatoms. The van der Waals surface area contributed by atoms with E-state index < -0.39 is 5.82 Å². The van der Waals surface area contributed by atoms with E-state index in [0.717, 1.165) is 23.4 Å².